The largest absolute Gasteiger partial charge is 0.497 e. The molecule has 4 aromatic rings. The molecule has 35 heavy (non-hydrogen) atoms. The van der Waals surface area contributed by atoms with Gasteiger partial charge in [0, 0.05) is 29.1 Å². The number of hydrogen-bond donors (Lipinski definition) is 3. The lowest BCUT2D eigenvalue weighted by molar-refractivity contribution is -0.117. The second-order valence-corrected chi connectivity index (χ2v) is 7.71. The van der Waals surface area contributed by atoms with E-state index in [1.807, 2.05) is 79.9 Å². The molecule has 176 valence electrons. The third kappa shape index (κ3) is 6.14. The molecular weight excluding hydrogens is 442 g/mol. The number of hydrogen-bond acceptors (Lipinski definition) is 4. The van der Waals surface area contributed by atoms with Gasteiger partial charge in [0.05, 0.1) is 18.5 Å². The van der Waals surface area contributed by atoms with Crippen LogP contribution in [0, 0.1) is 6.92 Å². The van der Waals surface area contributed by atoms with E-state index in [0.29, 0.717) is 11.4 Å². The first-order valence-electron chi connectivity index (χ1n) is 10.9. The average Bonchev–Trinajstić information content (AvgIpc) is 3.32. The lowest BCUT2D eigenvalue weighted by Gasteiger charge is -2.07. The highest BCUT2D eigenvalue weighted by Gasteiger charge is 2.11. The minimum atomic E-state index is -0.550. The summed E-state index contributed by atoms with van der Waals surface area (Å²) in [4.78, 5) is 24.4. The fraction of sp³-hybridized carbons (Fsp3) is 0.0741. The molecule has 0 aliphatic rings. The van der Waals surface area contributed by atoms with Crippen LogP contribution in [0.5, 0.6) is 5.75 Å². The number of aromatic nitrogens is 2. The topological polar surface area (TPSA) is 97.3 Å². The first-order valence-corrected chi connectivity index (χ1v) is 10.9. The quantitative estimate of drug-likeness (QED) is 0.282. The molecule has 3 aromatic carbocycles. The maximum Gasteiger partial charge on any atom is 0.337 e. The van der Waals surface area contributed by atoms with Gasteiger partial charge in [-0.1, -0.05) is 35.9 Å². The Labute approximate surface area is 203 Å². The summed E-state index contributed by atoms with van der Waals surface area (Å²) in [6.07, 6.45) is 4.84. The third-order valence-electron chi connectivity index (χ3n) is 5.15. The van der Waals surface area contributed by atoms with Crippen LogP contribution in [-0.2, 0) is 4.79 Å². The van der Waals surface area contributed by atoms with Crippen LogP contribution in [0.3, 0.4) is 0 Å². The highest BCUT2D eigenvalue weighted by atomic mass is 16.5. The standard InChI is InChI=1S/C27H25N5O3/c1-19-8-13-22(14-9-19)28-27(34)30-29-25(33)17-12-21-18-32(23-6-4-3-5-7-23)31-26(21)20-10-15-24(35-2)16-11-20/h3-18H,1-2H3,(H,29,33)(H2,28,30,34)/b17-12+. The lowest BCUT2D eigenvalue weighted by Crippen LogP contribution is -2.43. The number of aryl methyl sites for hydroxylation is 1. The molecule has 0 fully saturated rings. The molecule has 0 aliphatic carbocycles. The number of nitrogens with zero attached hydrogens (tertiary/aromatic N) is 2. The van der Waals surface area contributed by atoms with E-state index in [9.17, 15) is 9.59 Å². The van der Waals surface area contributed by atoms with Crippen molar-refractivity contribution in [3.05, 3.63) is 102 Å². The number of para-hydroxylation sites is 1. The van der Waals surface area contributed by atoms with E-state index in [-0.39, 0.29) is 0 Å². The zero-order valence-corrected chi connectivity index (χ0v) is 19.4. The zero-order chi connectivity index (χ0) is 24.6. The molecular formula is C27H25N5O3. The Morgan fingerprint density at radius 2 is 1.63 bits per heavy atom. The van der Waals surface area contributed by atoms with Crippen LogP contribution in [0.2, 0.25) is 0 Å². The van der Waals surface area contributed by atoms with E-state index in [2.05, 4.69) is 16.2 Å². The molecule has 3 amide bonds. The normalized spacial score (nSPS) is 10.7. The van der Waals surface area contributed by atoms with Crippen molar-refractivity contribution in [2.75, 3.05) is 12.4 Å². The Hall–Kier alpha value is -4.85. The van der Waals surface area contributed by atoms with E-state index in [1.165, 1.54) is 6.08 Å². The van der Waals surface area contributed by atoms with Crippen molar-refractivity contribution in [2.45, 2.75) is 6.92 Å². The number of anilines is 1. The van der Waals surface area contributed by atoms with Crippen molar-refractivity contribution >= 4 is 23.7 Å². The average molecular weight is 468 g/mol. The van der Waals surface area contributed by atoms with Gasteiger partial charge in [0.1, 0.15) is 5.75 Å². The van der Waals surface area contributed by atoms with Gasteiger partial charge in [0.25, 0.3) is 5.91 Å². The zero-order valence-electron chi connectivity index (χ0n) is 19.4. The third-order valence-corrected chi connectivity index (χ3v) is 5.15. The molecule has 0 saturated carbocycles. The van der Waals surface area contributed by atoms with Crippen LogP contribution < -0.4 is 20.9 Å². The summed E-state index contributed by atoms with van der Waals surface area (Å²) in [7, 11) is 1.61. The fourth-order valence-corrected chi connectivity index (χ4v) is 3.32. The highest BCUT2D eigenvalue weighted by Crippen LogP contribution is 2.26. The summed E-state index contributed by atoms with van der Waals surface area (Å²) in [6.45, 7) is 1.96. The first-order chi connectivity index (χ1) is 17.0. The highest BCUT2D eigenvalue weighted by molar-refractivity contribution is 5.96. The van der Waals surface area contributed by atoms with E-state index >= 15 is 0 Å². The van der Waals surface area contributed by atoms with Crippen LogP contribution in [0.25, 0.3) is 23.0 Å². The van der Waals surface area contributed by atoms with Gasteiger partial charge in [-0.05, 0) is 61.5 Å². The molecule has 1 aromatic heterocycles. The Kier molecular flexibility index (Phi) is 7.22. The minimum absolute atomic E-state index is 0.489. The molecule has 0 atom stereocenters. The number of hydrazine groups is 1. The van der Waals surface area contributed by atoms with Gasteiger partial charge in [0.2, 0.25) is 0 Å². The predicted molar refractivity (Wildman–Crippen MR) is 136 cm³/mol. The van der Waals surface area contributed by atoms with E-state index < -0.39 is 11.9 Å². The smallest absolute Gasteiger partial charge is 0.337 e. The van der Waals surface area contributed by atoms with Crippen molar-refractivity contribution < 1.29 is 14.3 Å². The number of ether oxygens (including phenoxy) is 1. The van der Waals surface area contributed by atoms with Crippen molar-refractivity contribution in [3.8, 4) is 22.7 Å². The number of rotatable bonds is 6. The SMILES string of the molecule is COc1ccc(-c2nn(-c3ccccc3)cc2/C=C/C(=O)NNC(=O)Nc2ccc(C)cc2)cc1. The van der Waals surface area contributed by atoms with Crippen molar-refractivity contribution in [3.63, 3.8) is 0 Å². The summed E-state index contributed by atoms with van der Waals surface area (Å²) < 4.78 is 7.00. The van der Waals surface area contributed by atoms with Crippen LogP contribution in [0.1, 0.15) is 11.1 Å². The molecule has 8 nitrogen and oxygen atoms in total. The number of methoxy groups -OCH3 is 1. The van der Waals surface area contributed by atoms with Gasteiger partial charge in [0.15, 0.2) is 0 Å². The van der Waals surface area contributed by atoms with Crippen LogP contribution in [0.15, 0.2) is 91.1 Å². The molecule has 0 spiro atoms. The number of nitrogens with one attached hydrogen (secondary N) is 3. The molecule has 4 rings (SSSR count). The maximum atomic E-state index is 12.3. The van der Waals surface area contributed by atoms with Crippen LogP contribution >= 0.6 is 0 Å². The summed E-state index contributed by atoms with van der Waals surface area (Å²) in [6, 6.07) is 24.0. The maximum absolute atomic E-state index is 12.3. The molecule has 0 saturated heterocycles. The van der Waals surface area contributed by atoms with Gasteiger partial charge in [-0.15, -0.1) is 0 Å². The first kappa shape index (κ1) is 23.3. The number of carbonyl (C=O) groups excluding carboxylic acids is 2. The van der Waals surface area contributed by atoms with Crippen molar-refractivity contribution in [1.29, 1.82) is 0 Å². The van der Waals surface area contributed by atoms with E-state index in [1.54, 1.807) is 30.0 Å². The Morgan fingerprint density at radius 1 is 0.914 bits per heavy atom. The second kappa shape index (κ2) is 10.8. The molecule has 0 unspecified atom stereocenters. The minimum Gasteiger partial charge on any atom is -0.497 e. The van der Waals surface area contributed by atoms with Gasteiger partial charge < -0.3 is 10.1 Å². The summed E-state index contributed by atoms with van der Waals surface area (Å²) >= 11 is 0. The fourth-order valence-electron chi connectivity index (χ4n) is 3.32. The van der Waals surface area contributed by atoms with Crippen molar-refractivity contribution in [1.82, 2.24) is 20.6 Å². The monoisotopic (exact) mass is 467 g/mol. The van der Waals surface area contributed by atoms with Gasteiger partial charge >= 0.3 is 6.03 Å². The van der Waals surface area contributed by atoms with E-state index in [0.717, 1.165) is 28.1 Å². The Balaban J connectivity index is 1.47. The number of benzene rings is 3. The van der Waals surface area contributed by atoms with Crippen LogP contribution in [0.4, 0.5) is 10.5 Å². The molecule has 0 bridgehead atoms. The van der Waals surface area contributed by atoms with Gasteiger partial charge in [-0.3, -0.25) is 10.2 Å². The Morgan fingerprint density at radius 3 is 2.31 bits per heavy atom. The molecule has 0 aliphatic heterocycles. The lowest BCUT2D eigenvalue weighted by atomic mass is 10.1. The molecule has 1 heterocycles. The molecule has 0 radical (unpaired) electrons. The summed E-state index contributed by atoms with van der Waals surface area (Å²) in [5.74, 6) is 0.250. The van der Waals surface area contributed by atoms with E-state index in [4.69, 9.17) is 9.84 Å². The predicted octanol–water partition coefficient (Wildman–Crippen LogP) is 4.72. The van der Waals surface area contributed by atoms with Gasteiger partial charge in [-0.25, -0.2) is 14.9 Å². The molecule has 8 heteroatoms. The Bertz CT molecular complexity index is 1330. The number of urea groups is 1. The number of carbonyl (C=O) groups is 2. The number of amides is 3. The molecule has 3 N–H and O–H groups in total. The summed E-state index contributed by atoms with van der Waals surface area (Å²) in [5, 5.41) is 7.37. The van der Waals surface area contributed by atoms with Crippen LogP contribution in [-0.4, -0.2) is 28.8 Å². The van der Waals surface area contributed by atoms with Crippen molar-refractivity contribution in [2.24, 2.45) is 0 Å². The summed E-state index contributed by atoms with van der Waals surface area (Å²) in [5.41, 5.74) is 9.60. The second-order valence-electron chi connectivity index (χ2n) is 7.71. The van der Waals surface area contributed by atoms with Gasteiger partial charge in [-0.2, -0.15) is 5.10 Å².